The number of para-hydroxylation sites is 2. The molecule has 2 aromatic carbocycles. The van der Waals surface area contributed by atoms with Crippen LogP contribution in [0.4, 0.5) is 5.69 Å². The van der Waals surface area contributed by atoms with Crippen LogP contribution in [0.5, 0.6) is 5.75 Å². The van der Waals surface area contributed by atoms with Gasteiger partial charge in [0, 0.05) is 6.54 Å². The molecule has 1 unspecified atom stereocenters. The van der Waals surface area contributed by atoms with E-state index < -0.39 is 0 Å². The average Bonchev–Trinajstić information content (AvgIpc) is 3.26. The van der Waals surface area contributed by atoms with Gasteiger partial charge in [-0.2, -0.15) is 0 Å². The van der Waals surface area contributed by atoms with Gasteiger partial charge in [0.1, 0.15) is 12.3 Å². The van der Waals surface area contributed by atoms with Gasteiger partial charge in [0.25, 0.3) is 5.91 Å². The van der Waals surface area contributed by atoms with Crippen LogP contribution in [0.25, 0.3) is 0 Å². The van der Waals surface area contributed by atoms with Crippen molar-refractivity contribution in [3.63, 3.8) is 0 Å². The zero-order valence-corrected chi connectivity index (χ0v) is 15.8. The molecule has 1 saturated heterocycles. The fourth-order valence-electron chi connectivity index (χ4n) is 3.92. The Morgan fingerprint density at radius 3 is 2.54 bits per heavy atom. The minimum Gasteiger partial charge on any atom is -0.482 e. The van der Waals surface area contributed by atoms with Crippen molar-refractivity contribution < 1.29 is 14.3 Å². The van der Waals surface area contributed by atoms with Crippen molar-refractivity contribution in [3.8, 4) is 5.75 Å². The maximum absolute atomic E-state index is 12.7. The van der Waals surface area contributed by atoms with Gasteiger partial charge in [-0.05, 0) is 43.6 Å². The van der Waals surface area contributed by atoms with Gasteiger partial charge in [-0.3, -0.25) is 19.4 Å². The molecule has 2 amide bonds. The quantitative estimate of drug-likeness (QED) is 0.837. The number of nitrogens with zero attached hydrogens (tertiary/aromatic N) is 2. The maximum Gasteiger partial charge on any atom is 0.265 e. The third-order valence-electron chi connectivity index (χ3n) is 5.37. The zero-order valence-electron chi connectivity index (χ0n) is 15.8. The fraction of sp³-hybridized carbons (Fsp3) is 0.364. The minimum absolute atomic E-state index is 0.000711. The lowest BCUT2D eigenvalue weighted by Gasteiger charge is -2.30. The van der Waals surface area contributed by atoms with Gasteiger partial charge in [0.15, 0.2) is 6.61 Å². The van der Waals surface area contributed by atoms with Crippen molar-refractivity contribution in [1.29, 1.82) is 0 Å². The summed E-state index contributed by atoms with van der Waals surface area (Å²) in [5.74, 6) is 0.271. The number of nitrogens with one attached hydrogen (secondary N) is 1. The molecule has 28 heavy (non-hydrogen) atoms. The Balaban J connectivity index is 1.42. The fourth-order valence-corrected chi connectivity index (χ4v) is 3.92. The molecule has 2 heterocycles. The number of ether oxygens (including phenoxy) is 1. The van der Waals surface area contributed by atoms with E-state index in [0.717, 1.165) is 13.1 Å². The van der Waals surface area contributed by atoms with Crippen LogP contribution in [0.1, 0.15) is 24.4 Å². The van der Waals surface area contributed by atoms with E-state index in [0.29, 0.717) is 18.0 Å². The molecule has 0 spiro atoms. The second-order valence-corrected chi connectivity index (χ2v) is 7.21. The van der Waals surface area contributed by atoms with E-state index in [1.54, 1.807) is 6.07 Å². The van der Waals surface area contributed by atoms with Crippen LogP contribution in [0.15, 0.2) is 54.6 Å². The Morgan fingerprint density at radius 1 is 1.04 bits per heavy atom. The summed E-state index contributed by atoms with van der Waals surface area (Å²) < 4.78 is 5.44. The van der Waals surface area contributed by atoms with E-state index >= 15 is 0 Å². The van der Waals surface area contributed by atoms with Gasteiger partial charge in [0.05, 0.1) is 11.7 Å². The molecule has 0 aromatic heterocycles. The van der Waals surface area contributed by atoms with E-state index in [-0.39, 0.29) is 31.0 Å². The largest absolute Gasteiger partial charge is 0.482 e. The number of amides is 2. The zero-order chi connectivity index (χ0) is 19.3. The molecule has 2 aliphatic heterocycles. The number of benzene rings is 2. The van der Waals surface area contributed by atoms with E-state index in [4.69, 9.17) is 4.74 Å². The number of hydrogen-bond acceptors (Lipinski definition) is 4. The molecular formula is C22H25N3O3. The lowest BCUT2D eigenvalue weighted by molar-refractivity contribution is -0.125. The van der Waals surface area contributed by atoms with Crippen molar-refractivity contribution in [2.24, 2.45) is 0 Å². The number of carbonyl (C=O) groups is 2. The molecule has 0 radical (unpaired) electrons. The van der Waals surface area contributed by atoms with Crippen molar-refractivity contribution >= 4 is 17.5 Å². The summed E-state index contributed by atoms with van der Waals surface area (Å²) in [7, 11) is 0. The number of carbonyl (C=O) groups excluding carboxylic acids is 2. The SMILES string of the molecule is O=C(CN1C(=O)COc2ccccc21)NCC(c1ccccc1)N1CCCC1. The maximum atomic E-state index is 12.7. The lowest BCUT2D eigenvalue weighted by Crippen LogP contribution is -2.46. The molecule has 4 rings (SSSR count). The van der Waals surface area contributed by atoms with Gasteiger partial charge >= 0.3 is 0 Å². The standard InChI is InChI=1S/C22H25N3O3/c26-21(15-25-18-10-4-5-11-20(18)28-16-22(25)27)23-14-19(24-12-6-7-13-24)17-8-2-1-3-9-17/h1-5,8-11,19H,6-7,12-16H2,(H,23,26). The first-order valence-corrected chi connectivity index (χ1v) is 9.80. The van der Waals surface area contributed by atoms with Gasteiger partial charge in [-0.15, -0.1) is 0 Å². The van der Waals surface area contributed by atoms with E-state index in [1.165, 1.54) is 23.3 Å². The first kappa shape index (κ1) is 18.5. The van der Waals surface area contributed by atoms with Crippen LogP contribution >= 0.6 is 0 Å². The Morgan fingerprint density at radius 2 is 1.75 bits per heavy atom. The number of likely N-dealkylation sites (tertiary alicyclic amines) is 1. The molecule has 6 nitrogen and oxygen atoms in total. The molecule has 1 N–H and O–H groups in total. The summed E-state index contributed by atoms with van der Waals surface area (Å²) in [5, 5.41) is 3.04. The number of rotatable bonds is 6. The molecule has 0 aliphatic carbocycles. The molecular weight excluding hydrogens is 354 g/mol. The third-order valence-corrected chi connectivity index (χ3v) is 5.37. The highest BCUT2D eigenvalue weighted by Gasteiger charge is 2.28. The van der Waals surface area contributed by atoms with Crippen molar-refractivity contribution in [2.75, 3.05) is 37.7 Å². The van der Waals surface area contributed by atoms with Crippen LogP contribution in [-0.4, -0.2) is 49.5 Å². The van der Waals surface area contributed by atoms with Crippen LogP contribution in [0.2, 0.25) is 0 Å². The molecule has 0 bridgehead atoms. The van der Waals surface area contributed by atoms with Crippen LogP contribution in [0.3, 0.4) is 0 Å². The van der Waals surface area contributed by atoms with E-state index in [9.17, 15) is 9.59 Å². The molecule has 2 aromatic rings. The van der Waals surface area contributed by atoms with E-state index in [1.807, 2.05) is 36.4 Å². The summed E-state index contributed by atoms with van der Waals surface area (Å²) >= 11 is 0. The van der Waals surface area contributed by atoms with Gasteiger partial charge in [0.2, 0.25) is 5.91 Å². The topological polar surface area (TPSA) is 61.9 Å². The van der Waals surface area contributed by atoms with Crippen LogP contribution in [-0.2, 0) is 9.59 Å². The Kier molecular flexibility index (Phi) is 5.58. The average molecular weight is 379 g/mol. The predicted molar refractivity (Wildman–Crippen MR) is 107 cm³/mol. The highest BCUT2D eigenvalue weighted by Crippen LogP contribution is 2.31. The van der Waals surface area contributed by atoms with Gasteiger partial charge < -0.3 is 10.1 Å². The second-order valence-electron chi connectivity index (χ2n) is 7.21. The monoisotopic (exact) mass is 379 g/mol. The Bertz CT molecular complexity index is 834. The minimum atomic E-state index is -0.201. The first-order valence-electron chi connectivity index (χ1n) is 9.80. The highest BCUT2D eigenvalue weighted by molar-refractivity contribution is 6.02. The summed E-state index contributed by atoms with van der Waals surface area (Å²) in [6, 6.07) is 17.7. The van der Waals surface area contributed by atoms with Gasteiger partial charge in [-0.25, -0.2) is 0 Å². The van der Waals surface area contributed by atoms with Crippen LogP contribution in [0, 0.1) is 0 Å². The molecule has 2 aliphatic rings. The van der Waals surface area contributed by atoms with Gasteiger partial charge in [-0.1, -0.05) is 42.5 Å². The van der Waals surface area contributed by atoms with Crippen LogP contribution < -0.4 is 15.0 Å². The lowest BCUT2D eigenvalue weighted by atomic mass is 10.1. The molecule has 0 saturated carbocycles. The number of anilines is 1. The number of hydrogen-bond donors (Lipinski definition) is 1. The third kappa shape index (κ3) is 4.02. The molecule has 146 valence electrons. The summed E-state index contributed by atoms with van der Waals surface area (Å²) in [6.07, 6.45) is 2.38. The molecule has 6 heteroatoms. The first-order chi connectivity index (χ1) is 13.7. The smallest absolute Gasteiger partial charge is 0.265 e. The summed E-state index contributed by atoms with van der Waals surface area (Å²) in [4.78, 5) is 28.8. The highest BCUT2D eigenvalue weighted by atomic mass is 16.5. The summed E-state index contributed by atoms with van der Waals surface area (Å²) in [6.45, 7) is 2.59. The summed E-state index contributed by atoms with van der Waals surface area (Å²) in [5.41, 5.74) is 1.85. The molecule has 1 atom stereocenters. The Hall–Kier alpha value is -2.86. The van der Waals surface area contributed by atoms with E-state index in [2.05, 4.69) is 22.3 Å². The predicted octanol–water partition coefficient (Wildman–Crippen LogP) is 2.37. The second kappa shape index (κ2) is 8.44. The Labute approximate surface area is 165 Å². The molecule has 1 fully saturated rings. The van der Waals surface area contributed by atoms with Crippen molar-refractivity contribution in [2.45, 2.75) is 18.9 Å². The number of fused-ring (bicyclic) bond motifs is 1. The van der Waals surface area contributed by atoms with Crippen molar-refractivity contribution in [1.82, 2.24) is 10.2 Å². The van der Waals surface area contributed by atoms with Crippen molar-refractivity contribution in [3.05, 3.63) is 60.2 Å². The normalized spacial score (nSPS) is 17.7.